The lowest BCUT2D eigenvalue weighted by atomic mass is 9.91. The Balaban J connectivity index is 2.90. The first-order valence-electron chi connectivity index (χ1n) is 5.23. The lowest BCUT2D eigenvalue weighted by Crippen LogP contribution is -2.11. The summed E-state index contributed by atoms with van der Waals surface area (Å²) in [5.41, 5.74) is 0.447. The van der Waals surface area contributed by atoms with E-state index in [-0.39, 0.29) is 5.92 Å². The highest BCUT2D eigenvalue weighted by molar-refractivity contribution is 5.20. The van der Waals surface area contributed by atoms with Crippen molar-refractivity contribution in [2.75, 3.05) is 0 Å². The van der Waals surface area contributed by atoms with E-state index in [9.17, 15) is 13.9 Å². The molecule has 1 unspecified atom stereocenters. The van der Waals surface area contributed by atoms with Crippen LogP contribution in [0.1, 0.15) is 38.4 Å². The minimum atomic E-state index is -0.905. The predicted octanol–water partition coefficient (Wildman–Crippen LogP) is 3.43. The van der Waals surface area contributed by atoms with Gasteiger partial charge in [0.15, 0.2) is 11.6 Å². The minimum Gasteiger partial charge on any atom is -0.388 e. The molecule has 0 saturated heterocycles. The molecule has 0 aliphatic heterocycles. The van der Waals surface area contributed by atoms with Gasteiger partial charge in [-0.2, -0.15) is 0 Å². The van der Waals surface area contributed by atoms with Gasteiger partial charge in [-0.1, -0.05) is 32.8 Å². The lowest BCUT2D eigenvalue weighted by molar-refractivity contribution is 0.103. The summed E-state index contributed by atoms with van der Waals surface area (Å²) in [6.07, 6.45) is 0.919. The van der Waals surface area contributed by atoms with Crippen LogP contribution in [0.2, 0.25) is 0 Å². The van der Waals surface area contributed by atoms with Gasteiger partial charge in [-0.05, 0) is 23.6 Å². The Bertz CT molecular complexity index is 321. The topological polar surface area (TPSA) is 20.2 Å². The number of rotatable bonds is 4. The van der Waals surface area contributed by atoms with Crippen LogP contribution in [0, 0.1) is 17.6 Å². The van der Waals surface area contributed by atoms with E-state index in [0.717, 1.165) is 25.0 Å². The van der Waals surface area contributed by atoms with Gasteiger partial charge in [-0.25, -0.2) is 8.78 Å². The summed E-state index contributed by atoms with van der Waals surface area (Å²) in [5, 5.41) is 9.91. The number of hydrogen-bond acceptors (Lipinski definition) is 1. The molecule has 0 radical (unpaired) electrons. The zero-order valence-corrected chi connectivity index (χ0v) is 9.00. The summed E-state index contributed by atoms with van der Waals surface area (Å²) in [5.74, 6) is -1.69. The maximum atomic E-state index is 12.9. The molecule has 3 heteroatoms. The van der Waals surface area contributed by atoms with Gasteiger partial charge in [0, 0.05) is 0 Å². The number of halogens is 2. The van der Waals surface area contributed by atoms with Gasteiger partial charge in [0.1, 0.15) is 0 Å². The average molecular weight is 214 g/mol. The molecular formula is C12H16F2O. The van der Waals surface area contributed by atoms with Crippen LogP contribution in [0.3, 0.4) is 0 Å². The first-order chi connectivity index (χ1) is 7.10. The molecule has 0 aliphatic carbocycles. The molecule has 1 rings (SSSR count). The average Bonchev–Trinajstić information content (AvgIpc) is 2.23. The summed E-state index contributed by atoms with van der Waals surface area (Å²) in [7, 11) is 0. The van der Waals surface area contributed by atoms with E-state index in [2.05, 4.69) is 0 Å². The van der Waals surface area contributed by atoms with Crippen molar-refractivity contribution >= 4 is 0 Å². The van der Waals surface area contributed by atoms with Gasteiger partial charge in [0.2, 0.25) is 0 Å². The molecule has 0 saturated carbocycles. The van der Waals surface area contributed by atoms with Crippen molar-refractivity contribution in [2.45, 2.75) is 32.8 Å². The van der Waals surface area contributed by atoms with Gasteiger partial charge in [-0.3, -0.25) is 0 Å². The van der Waals surface area contributed by atoms with Crippen molar-refractivity contribution in [3.63, 3.8) is 0 Å². The monoisotopic (exact) mass is 214 g/mol. The quantitative estimate of drug-likeness (QED) is 0.814. The number of aliphatic hydroxyl groups is 1. The molecule has 1 N–H and O–H groups in total. The maximum absolute atomic E-state index is 12.9. The Morgan fingerprint density at radius 2 is 1.73 bits per heavy atom. The van der Waals surface area contributed by atoms with E-state index >= 15 is 0 Å². The second kappa shape index (κ2) is 5.21. The molecule has 1 aromatic rings. The molecule has 1 aromatic carbocycles. The van der Waals surface area contributed by atoms with E-state index in [0.29, 0.717) is 5.56 Å². The summed E-state index contributed by atoms with van der Waals surface area (Å²) in [6.45, 7) is 3.94. The van der Waals surface area contributed by atoms with Gasteiger partial charge in [0.05, 0.1) is 6.10 Å². The van der Waals surface area contributed by atoms with Gasteiger partial charge >= 0.3 is 0 Å². The van der Waals surface area contributed by atoms with E-state index < -0.39 is 17.7 Å². The second-order valence-electron chi connectivity index (χ2n) is 3.69. The fourth-order valence-electron chi connectivity index (χ4n) is 1.70. The number of aliphatic hydroxyl groups excluding tert-OH is 1. The summed E-state index contributed by atoms with van der Waals surface area (Å²) < 4.78 is 25.6. The largest absolute Gasteiger partial charge is 0.388 e. The third-order valence-corrected chi connectivity index (χ3v) is 2.78. The predicted molar refractivity (Wildman–Crippen MR) is 55.4 cm³/mol. The van der Waals surface area contributed by atoms with Crippen LogP contribution in [0.25, 0.3) is 0 Å². The normalized spacial score (nSPS) is 13.2. The van der Waals surface area contributed by atoms with Gasteiger partial charge in [-0.15, -0.1) is 0 Å². The van der Waals surface area contributed by atoms with Crippen LogP contribution in [0.5, 0.6) is 0 Å². The molecule has 0 aromatic heterocycles. The highest BCUT2D eigenvalue weighted by Crippen LogP contribution is 2.27. The van der Waals surface area contributed by atoms with E-state index in [4.69, 9.17) is 0 Å². The molecule has 84 valence electrons. The first kappa shape index (κ1) is 12.1. The fraction of sp³-hybridized carbons (Fsp3) is 0.500. The summed E-state index contributed by atoms with van der Waals surface area (Å²) in [4.78, 5) is 0. The fourth-order valence-corrected chi connectivity index (χ4v) is 1.70. The highest BCUT2D eigenvalue weighted by Gasteiger charge is 2.18. The van der Waals surface area contributed by atoms with Crippen LogP contribution >= 0.6 is 0 Å². The summed E-state index contributed by atoms with van der Waals surface area (Å²) >= 11 is 0. The zero-order chi connectivity index (χ0) is 11.4. The third kappa shape index (κ3) is 2.75. The molecule has 1 nitrogen and oxygen atoms in total. The molecular weight excluding hydrogens is 198 g/mol. The van der Waals surface area contributed by atoms with Crippen LogP contribution in [-0.2, 0) is 0 Å². The Kier molecular flexibility index (Phi) is 4.21. The van der Waals surface area contributed by atoms with Crippen molar-refractivity contribution in [3.8, 4) is 0 Å². The molecule has 0 fully saturated rings. The number of benzene rings is 1. The van der Waals surface area contributed by atoms with E-state index in [1.54, 1.807) is 0 Å². The van der Waals surface area contributed by atoms with Crippen molar-refractivity contribution in [1.82, 2.24) is 0 Å². The molecule has 15 heavy (non-hydrogen) atoms. The second-order valence-corrected chi connectivity index (χ2v) is 3.69. The molecule has 0 aliphatic rings. The van der Waals surface area contributed by atoms with Gasteiger partial charge < -0.3 is 5.11 Å². The van der Waals surface area contributed by atoms with Crippen molar-refractivity contribution in [2.24, 2.45) is 5.92 Å². The van der Waals surface area contributed by atoms with Gasteiger partial charge in [0.25, 0.3) is 0 Å². The van der Waals surface area contributed by atoms with E-state index in [1.807, 2.05) is 13.8 Å². The molecule has 0 spiro atoms. The smallest absolute Gasteiger partial charge is 0.159 e. The Hall–Kier alpha value is -0.960. The van der Waals surface area contributed by atoms with E-state index in [1.165, 1.54) is 6.07 Å². The van der Waals surface area contributed by atoms with Crippen molar-refractivity contribution in [3.05, 3.63) is 35.4 Å². The van der Waals surface area contributed by atoms with Crippen LogP contribution in [0.15, 0.2) is 18.2 Å². The third-order valence-electron chi connectivity index (χ3n) is 2.78. The molecule has 0 heterocycles. The van der Waals surface area contributed by atoms with Crippen LogP contribution in [-0.4, -0.2) is 5.11 Å². The van der Waals surface area contributed by atoms with Crippen molar-refractivity contribution < 1.29 is 13.9 Å². The molecule has 0 amide bonds. The highest BCUT2D eigenvalue weighted by atomic mass is 19.2. The van der Waals surface area contributed by atoms with Crippen LogP contribution in [0.4, 0.5) is 8.78 Å². The molecule has 1 atom stereocenters. The Morgan fingerprint density at radius 3 is 2.20 bits per heavy atom. The lowest BCUT2D eigenvalue weighted by Gasteiger charge is -2.20. The maximum Gasteiger partial charge on any atom is 0.159 e. The Labute approximate surface area is 88.7 Å². The van der Waals surface area contributed by atoms with Crippen molar-refractivity contribution in [1.29, 1.82) is 0 Å². The minimum absolute atomic E-state index is 0.0925. The number of hydrogen-bond donors (Lipinski definition) is 1. The standard InChI is InChI=1S/C12H16F2O/c1-3-8(4-2)12(15)9-5-6-10(13)11(14)7-9/h5-8,12,15H,3-4H2,1-2H3. The Morgan fingerprint density at radius 1 is 1.13 bits per heavy atom. The SMILES string of the molecule is CCC(CC)C(O)c1ccc(F)c(F)c1. The summed E-state index contributed by atoms with van der Waals surface area (Å²) in [6, 6.07) is 3.55. The van der Waals surface area contributed by atoms with Crippen LogP contribution < -0.4 is 0 Å². The first-order valence-corrected chi connectivity index (χ1v) is 5.23. The zero-order valence-electron chi connectivity index (χ0n) is 9.00. The molecule has 0 bridgehead atoms.